The second-order valence-corrected chi connectivity index (χ2v) is 5.25. The van der Waals surface area contributed by atoms with Gasteiger partial charge in [0.25, 0.3) is 0 Å². The van der Waals surface area contributed by atoms with E-state index in [0.29, 0.717) is 0 Å². The van der Waals surface area contributed by atoms with Gasteiger partial charge in [-0.25, -0.2) is 4.79 Å². The highest BCUT2D eigenvalue weighted by molar-refractivity contribution is 7.72. The van der Waals surface area contributed by atoms with Gasteiger partial charge in [-0.2, -0.15) is 0 Å². The lowest BCUT2D eigenvalue weighted by molar-refractivity contribution is 0.0600. The molecule has 1 heterocycles. The Hall–Kier alpha value is -1.43. The third-order valence-corrected chi connectivity index (χ3v) is 3.99. The molecule has 0 amide bonds. The van der Waals surface area contributed by atoms with Gasteiger partial charge in [0.2, 0.25) is 0 Å². The molecule has 0 saturated heterocycles. The van der Waals surface area contributed by atoms with Crippen LogP contribution in [0.15, 0.2) is 16.7 Å². The minimum atomic E-state index is -3.94. The number of carbonyl (C=O) groups excluding carboxylic acids is 2. The summed E-state index contributed by atoms with van der Waals surface area (Å²) in [5.74, 6) is -0.934. The molecule has 7 nitrogen and oxygen atoms in total. The highest BCUT2D eigenvalue weighted by atomic mass is 31.2. The lowest BCUT2D eigenvalue weighted by Gasteiger charge is -2.13. The predicted molar refractivity (Wildman–Crippen MR) is 65.2 cm³/mol. The molecule has 1 aromatic heterocycles. The van der Waals surface area contributed by atoms with Crippen molar-refractivity contribution in [3.8, 4) is 0 Å². The number of furan rings is 1. The molecule has 0 aromatic carbocycles. The molecular weight excluding hydrogens is 275 g/mol. The van der Waals surface area contributed by atoms with Crippen LogP contribution >= 0.6 is 7.60 Å². The van der Waals surface area contributed by atoms with Crippen LogP contribution in [0.3, 0.4) is 0 Å². The quantitative estimate of drug-likeness (QED) is 0.562. The summed E-state index contributed by atoms with van der Waals surface area (Å²) < 4.78 is 31.3. The lowest BCUT2D eigenvalue weighted by atomic mass is 10.3. The van der Waals surface area contributed by atoms with Crippen LogP contribution in [0.5, 0.6) is 0 Å². The average molecular weight is 290 g/mol. The van der Waals surface area contributed by atoms with Gasteiger partial charge in [-0.3, -0.25) is 9.36 Å². The Bertz CT molecular complexity index is 495. The Balaban J connectivity index is 3.00. The highest BCUT2D eigenvalue weighted by Crippen LogP contribution is 2.51. The standard InChI is InChI=1S/C11H15O7P/c1-4-17-19(14,18-5-2)11(13)9-6-8(7-16-9)10(12)15-3/h6-7H,4-5H2,1-3H3. The fourth-order valence-corrected chi connectivity index (χ4v) is 2.68. The van der Waals surface area contributed by atoms with Crippen molar-refractivity contribution in [2.75, 3.05) is 20.3 Å². The number of ether oxygens (including phenoxy) is 1. The molecule has 0 saturated carbocycles. The van der Waals surface area contributed by atoms with Gasteiger partial charge in [-0.15, -0.1) is 0 Å². The monoisotopic (exact) mass is 290 g/mol. The highest BCUT2D eigenvalue weighted by Gasteiger charge is 2.37. The van der Waals surface area contributed by atoms with Crippen molar-refractivity contribution >= 4 is 19.1 Å². The van der Waals surface area contributed by atoms with Crippen LogP contribution in [0.25, 0.3) is 0 Å². The molecular formula is C11H15O7P. The Morgan fingerprint density at radius 2 is 1.84 bits per heavy atom. The van der Waals surface area contributed by atoms with Crippen molar-refractivity contribution in [1.82, 2.24) is 0 Å². The fourth-order valence-electron chi connectivity index (χ4n) is 1.30. The maximum atomic E-state index is 12.2. The first-order valence-electron chi connectivity index (χ1n) is 5.59. The predicted octanol–water partition coefficient (Wildman–Crippen LogP) is 2.47. The second kappa shape index (κ2) is 6.65. The molecule has 0 aliphatic carbocycles. The summed E-state index contributed by atoms with van der Waals surface area (Å²) in [7, 11) is -2.75. The Kier molecular flexibility index (Phi) is 5.47. The summed E-state index contributed by atoms with van der Waals surface area (Å²) in [6.45, 7) is 3.27. The van der Waals surface area contributed by atoms with Gasteiger partial charge in [0.15, 0.2) is 5.76 Å². The molecule has 0 atom stereocenters. The SMILES string of the molecule is CCOP(=O)(OCC)C(=O)c1cc(C(=O)OC)co1. The van der Waals surface area contributed by atoms with Crippen molar-refractivity contribution in [3.63, 3.8) is 0 Å². The van der Waals surface area contributed by atoms with Crippen molar-refractivity contribution in [1.29, 1.82) is 0 Å². The summed E-state index contributed by atoms with van der Waals surface area (Å²) in [5, 5.41) is 0. The van der Waals surface area contributed by atoms with Gasteiger partial charge in [0.1, 0.15) is 6.26 Å². The summed E-state index contributed by atoms with van der Waals surface area (Å²) >= 11 is 0. The van der Waals surface area contributed by atoms with Crippen LogP contribution < -0.4 is 0 Å². The van der Waals surface area contributed by atoms with E-state index in [-0.39, 0.29) is 24.5 Å². The zero-order valence-electron chi connectivity index (χ0n) is 10.9. The lowest BCUT2D eigenvalue weighted by Crippen LogP contribution is -2.07. The average Bonchev–Trinajstić information content (AvgIpc) is 2.87. The molecule has 0 radical (unpaired) electrons. The molecule has 0 aliphatic rings. The fraction of sp³-hybridized carbons (Fsp3) is 0.455. The maximum absolute atomic E-state index is 12.2. The van der Waals surface area contributed by atoms with Crippen LogP contribution in [0.1, 0.15) is 34.8 Å². The molecule has 106 valence electrons. The van der Waals surface area contributed by atoms with Gasteiger partial charge >= 0.3 is 19.1 Å². The Morgan fingerprint density at radius 3 is 2.32 bits per heavy atom. The van der Waals surface area contributed by atoms with E-state index in [1.165, 1.54) is 7.11 Å². The first kappa shape index (κ1) is 15.6. The molecule has 0 N–H and O–H groups in total. The van der Waals surface area contributed by atoms with Crippen LogP contribution in [-0.4, -0.2) is 31.8 Å². The van der Waals surface area contributed by atoms with Gasteiger partial charge in [-0.05, 0) is 13.8 Å². The van der Waals surface area contributed by atoms with E-state index < -0.39 is 19.1 Å². The van der Waals surface area contributed by atoms with Crippen LogP contribution in [-0.2, 0) is 18.3 Å². The summed E-state index contributed by atoms with van der Waals surface area (Å²) in [5.41, 5.74) is -0.878. The summed E-state index contributed by atoms with van der Waals surface area (Å²) in [6, 6.07) is 1.14. The van der Waals surface area contributed by atoms with Crippen molar-refractivity contribution in [2.24, 2.45) is 0 Å². The Morgan fingerprint density at radius 1 is 1.26 bits per heavy atom. The molecule has 8 heteroatoms. The first-order valence-corrected chi connectivity index (χ1v) is 7.13. The van der Waals surface area contributed by atoms with Crippen molar-refractivity contribution in [3.05, 3.63) is 23.7 Å². The number of carbonyl (C=O) groups is 2. The van der Waals surface area contributed by atoms with E-state index in [0.717, 1.165) is 12.3 Å². The van der Waals surface area contributed by atoms with Crippen LogP contribution in [0.2, 0.25) is 0 Å². The van der Waals surface area contributed by atoms with E-state index in [1.54, 1.807) is 13.8 Å². The third kappa shape index (κ3) is 3.53. The number of esters is 1. The third-order valence-electron chi connectivity index (χ3n) is 2.08. The van der Waals surface area contributed by atoms with Gasteiger partial charge in [0, 0.05) is 6.07 Å². The molecule has 19 heavy (non-hydrogen) atoms. The Labute approximate surface area is 110 Å². The van der Waals surface area contributed by atoms with Gasteiger partial charge in [-0.1, -0.05) is 0 Å². The molecule has 0 bridgehead atoms. The normalized spacial score (nSPS) is 11.3. The van der Waals surface area contributed by atoms with Crippen molar-refractivity contribution < 1.29 is 32.4 Å². The van der Waals surface area contributed by atoms with Gasteiger partial charge < -0.3 is 18.2 Å². The second-order valence-electron chi connectivity index (χ2n) is 3.33. The van der Waals surface area contributed by atoms with E-state index in [9.17, 15) is 14.2 Å². The molecule has 0 aliphatic heterocycles. The first-order chi connectivity index (χ1) is 8.98. The maximum Gasteiger partial charge on any atom is 0.404 e. The van der Waals surface area contributed by atoms with Crippen LogP contribution in [0.4, 0.5) is 0 Å². The number of hydrogen-bond acceptors (Lipinski definition) is 7. The van der Waals surface area contributed by atoms with E-state index >= 15 is 0 Å². The summed E-state index contributed by atoms with van der Waals surface area (Å²) in [6.07, 6.45) is 1.04. The molecule has 0 unspecified atom stereocenters. The summed E-state index contributed by atoms with van der Waals surface area (Å²) in [4.78, 5) is 23.2. The van der Waals surface area contributed by atoms with E-state index in [4.69, 9.17) is 13.5 Å². The van der Waals surface area contributed by atoms with Crippen LogP contribution in [0, 0.1) is 0 Å². The minimum absolute atomic E-state index is 0.0467. The number of rotatable bonds is 7. The zero-order chi connectivity index (χ0) is 14.5. The topological polar surface area (TPSA) is 92.0 Å². The molecule has 1 aromatic rings. The number of hydrogen-bond donors (Lipinski definition) is 0. The minimum Gasteiger partial charge on any atom is -0.465 e. The molecule has 1 rings (SSSR count). The largest absolute Gasteiger partial charge is 0.465 e. The smallest absolute Gasteiger partial charge is 0.404 e. The van der Waals surface area contributed by atoms with Gasteiger partial charge in [0.05, 0.1) is 25.9 Å². The van der Waals surface area contributed by atoms with Crippen molar-refractivity contribution in [2.45, 2.75) is 13.8 Å². The van der Waals surface area contributed by atoms with E-state index in [2.05, 4.69) is 4.74 Å². The van der Waals surface area contributed by atoms with E-state index in [1.807, 2.05) is 0 Å². The molecule has 0 fully saturated rings. The number of methoxy groups -OCH3 is 1. The zero-order valence-corrected chi connectivity index (χ0v) is 11.8. The molecule has 0 spiro atoms.